The van der Waals surface area contributed by atoms with Gasteiger partial charge in [-0.15, -0.1) is 0 Å². The minimum atomic E-state index is -0.657. The first-order chi connectivity index (χ1) is 3.06. The van der Waals surface area contributed by atoms with Crippen LogP contribution < -0.4 is 0 Å². The summed E-state index contributed by atoms with van der Waals surface area (Å²) in [5.41, 5.74) is 0. The summed E-state index contributed by atoms with van der Waals surface area (Å²) in [5.74, 6) is 0. The summed E-state index contributed by atoms with van der Waals surface area (Å²) in [4.78, 5) is 0. The van der Waals surface area contributed by atoms with Gasteiger partial charge in [-0.05, 0) is 0 Å². The predicted molar refractivity (Wildman–Crippen MR) is 41.2 cm³/mol. The van der Waals surface area contributed by atoms with Gasteiger partial charge in [0.2, 0.25) is 0 Å². The molecule has 0 aromatic rings. The first-order valence-electron chi connectivity index (χ1n) is 3.06. The van der Waals surface area contributed by atoms with Gasteiger partial charge in [0.1, 0.15) is 0 Å². The Balaban J connectivity index is 3.15. The topological polar surface area (TPSA) is 0 Å². The molecule has 0 nitrogen and oxygen atoms in total. The van der Waals surface area contributed by atoms with Gasteiger partial charge in [-0.2, -0.15) is 0 Å². The molecule has 0 radical (unpaired) electrons. The van der Waals surface area contributed by atoms with Gasteiger partial charge in [-0.1, -0.05) is 0 Å². The molecule has 0 amide bonds. The SMILES string of the molecule is CCC[PH](C)(C)C. The quantitative estimate of drug-likeness (QED) is 0.489. The second-order valence-corrected chi connectivity index (χ2v) is 8.93. The normalized spacial score (nSPS) is 14.3. The zero-order valence-electron chi connectivity index (χ0n) is 5.91. The van der Waals surface area contributed by atoms with Crippen LogP contribution in [0.5, 0.6) is 0 Å². The second kappa shape index (κ2) is 2.67. The summed E-state index contributed by atoms with van der Waals surface area (Å²) in [6, 6.07) is 0. The van der Waals surface area contributed by atoms with Crippen molar-refractivity contribution < 1.29 is 0 Å². The molecule has 0 aromatic carbocycles. The van der Waals surface area contributed by atoms with Crippen molar-refractivity contribution in [3.63, 3.8) is 0 Å². The maximum atomic E-state index is 2.41. The van der Waals surface area contributed by atoms with E-state index in [0.717, 1.165) is 0 Å². The summed E-state index contributed by atoms with van der Waals surface area (Å²) >= 11 is 0. The molecule has 0 saturated carbocycles. The Bertz CT molecular complexity index is 42.6. The molecule has 0 aliphatic carbocycles. The predicted octanol–water partition coefficient (Wildman–Crippen LogP) is 2.04. The molecule has 0 aromatic heterocycles. The fourth-order valence-corrected chi connectivity index (χ4v) is 2.25. The minimum absolute atomic E-state index is 0.657. The maximum absolute atomic E-state index is 2.41. The number of rotatable bonds is 2. The standard InChI is InChI=1S/C6H17P/c1-5-6-7(2,3)4/h7H,5-6H2,1-4H3. The van der Waals surface area contributed by atoms with Crippen LogP contribution in [-0.2, 0) is 0 Å². The number of hydrogen-bond acceptors (Lipinski definition) is 0. The Morgan fingerprint density at radius 3 is 1.57 bits per heavy atom. The molecule has 0 N–H and O–H groups in total. The van der Waals surface area contributed by atoms with Crippen molar-refractivity contribution in [2.45, 2.75) is 13.3 Å². The zero-order valence-corrected chi connectivity index (χ0v) is 6.91. The van der Waals surface area contributed by atoms with Crippen LogP contribution in [0.4, 0.5) is 0 Å². The van der Waals surface area contributed by atoms with E-state index >= 15 is 0 Å². The van der Waals surface area contributed by atoms with Crippen LogP contribution in [0, 0.1) is 0 Å². The number of hydrogen-bond donors (Lipinski definition) is 0. The van der Waals surface area contributed by atoms with Crippen LogP contribution in [0.3, 0.4) is 0 Å². The van der Waals surface area contributed by atoms with E-state index in [2.05, 4.69) is 26.9 Å². The van der Waals surface area contributed by atoms with Crippen LogP contribution in [0.15, 0.2) is 0 Å². The van der Waals surface area contributed by atoms with Crippen molar-refractivity contribution in [1.29, 1.82) is 0 Å². The van der Waals surface area contributed by atoms with E-state index in [4.69, 9.17) is 0 Å². The van der Waals surface area contributed by atoms with Crippen molar-refractivity contribution in [2.75, 3.05) is 26.2 Å². The molecule has 0 aliphatic heterocycles. The summed E-state index contributed by atoms with van der Waals surface area (Å²) in [5, 5.41) is 0. The molecule has 0 heterocycles. The molecule has 0 fully saturated rings. The molecule has 0 bridgehead atoms. The molecule has 0 aliphatic rings. The van der Waals surface area contributed by atoms with E-state index in [0.29, 0.717) is 0 Å². The van der Waals surface area contributed by atoms with Gasteiger partial charge in [0.15, 0.2) is 0 Å². The average Bonchev–Trinajstić information content (AvgIpc) is 1.30. The molecule has 0 atom stereocenters. The van der Waals surface area contributed by atoms with E-state index in [1.54, 1.807) is 0 Å². The fraction of sp³-hybridized carbons (Fsp3) is 1.00. The third kappa shape index (κ3) is 6.43. The van der Waals surface area contributed by atoms with Crippen molar-refractivity contribution >= 4 is 7.26 Å². The molecule has 0 spiro atoms. The second-order valence-electron chi connectivity index (χ2n) is 3.31. The molecule has 7 heavy (non-hydrogen) atoms. The molecule has 0 saturated heterocycles. The molecule has 46 valence electrons. The Morgan fingerprint density at radius 2 is 1.57 bits per heavy atom. The van der Waals surface area contributed by atoms with Crippen LogP contribution in [-0.4, -0.2) is 26.2 Å². The van der Waals surface area contributed by atoms with E-state index in [-0.39, 0.29) is 0 Å². The Kier molecular flexibility index (Phi) is 2.83. The van der Waals surface area contributed by atoms with Gasteiger partial charge in [-0.3, -0.25) is 0 Å². The van der Waals surface area contributed by atoms with Gasteiger partial charge in [0.25, 0.3) is 0 Å². The van der Waals surface area contributed by atoms with E-state index in [1.807, 2.05) is 0 Å². The van der Waals surface area contributed by atoms with Gasteiger partial charge in [-0.25, -0.2) is 0 Å². The van der Waals surface area contributed by atoms with Crippen LogP contribution in [0.1, 0.15) is 13.3 Å². The van der Waals surface area contributed by atoms with Gasteiger partial charge in [0, 0.05) is 0 Å². The first kappa shape index (κ1) is 7.43. The zero-order chi connectivity index (χ0) is 5.91. The first-order valence-corrected chi connectivity index (χ1v) is 6.77. The third-order valence-electron chi connectivity index (χ3n) is 1.000. The summed E-state index contributed by atoms with van der Waals surface area (Å²) in [6.45, 7) is 9.50. The van der Waals surface area contributed by atoms with Crippen molar-refractivity contribution in [2.24, 2.45) is 0 Å². The van der Waals surface area contributed by atoms with Crippen molar-refractivity contribution in [1.82, 2.24) is 0 Å². The van der Waals surface area contributed by atoms with E-state index < -0.39 is 7.26 Å². The van der Waals surface area contributed by atoms with Crippen LogP contribution in [0.2, 0.25) is 0 Å². The molecule has 1 heteroatoms. The Labute approximate surface area is 47.6 Å². The van der Waals surface area contributed by atoms with Crippen molar-refractivity contribution in [3.05, 3.63) is 0 Å². The summed E-state index contributed by atoms with van der Waals surface area (Å²) in [7, 11) is -0.657. The molecule has 0 unspecified atom stereocenters. The molecule has 0 rings (SSSR count). The third-order valence-corrected chi connectivity index (χ3v) is 3.00. The summed E-state index contributed by atoms with van der Waals surface area (Å²) in [6.07, 6.45) is 2.85. The van der Waals surface area contributed by atoms with Crippen LogP contribution in [0.25, 0.3) is 0 Å². The van der Waals surface area contributed by atoms with Crippen LogP contribution >= 0.6 is 7.26 Å². The Morgan fingerprint density at radius 1 is 1.14 bits per heavy atom. The van der Waals surface area contributed by atoms with E-state index in [1.165, 1.54) is 12.6 Å². The van der Waals surface area contributed by atoms with Gasteiger partial charge >= 0.3 is 46.8 Å². The average molecular weight is 120 g/mol. The summed E-state index contributed by atoms with van der Waals surface area (Å²) < 4.78 is 0. The molecular formula is C6H17P. The molecular weight excluding hydrogens is 103 g/mol. The van der Waals surface area contributed by atoms with E-state index in [9.17, 15) is 0 Å². The monoisotopic (exact) mass is 120 g/mol. The fourth-order valence-electron chi connectivity index (χ4n) is 0.750. The van der Waals surface area contributed by atoms with Gasteiger partial charge < -0.3 is 0 Å². The van der Waals surface area contributed by atoms with Gasteiger partial charge in [0.05, 0.1) is 0 Å². The van der Waals surface area contributed by atoms with Crippen molar-refractivity contribution in [3.8, 4) is 0 Å². The Hall–Kier alpha value is 0.430.